The number of hydrogen-bond donors (Lipinski definition) is 1. The van der Waals surface area contributed by atoms with Crippen LogP contribution in [0.4, 0.5) is 5.69 Å². The highest BCUT2D eigenvalue weighted by Gasteiger charge is 2.27. The fraction of sp³-hybridized carbons (Fsp3) is 0.333. The lowest BCUT2D eigenvalue weighted by Crippen LogP contribution is -2.29. The topological polar surface area (TPSA) is 81.8 Å². The van der Waals surface area contributed by atoms with E-state index in [-0.39, 0.29) is 29.7 Å². The minimum Gasteiger partial charge on any atom is -0.462 e. The van der Waals surface area contributed by atoms with E-state index < -0.39 is 11.2 Å². The Morgan fingerprint density at radius 1 is 1.62 bits per heavy atom. The summed E-state index contributed by atoms with van der Waals surface area (Å²) in [5, 5.41) is 19.8. The van der Waals surface area contributed by atoms with Gasteiger partial charge in [0, 0.05) is 6.07 Å². The molecule has 86 valence electrons. The maximum atomic E-state index is 10.8. The largest absolute Gasteiger partial charge is 0.462 e. The second kappa shape index (κ2) is 4.25. The number of nitrogens with zero attached hydrogens (tertiary/aromatic N) is 1. The number of aliphatic hydroxyl groups excluding tert-OH is 1. The van der Waals surface area contributed by atoms with Gasteiger partial charge in [-0.3, -0.25) is 10.1 Å². The van der Waals surface area contributed by atoms with Crippen LogP contribution >= 0.6 is 11.6 Å². The van der Waals surface area contributed by atoms with E-state index in [1.807, 2.05) is 0 Å². The van der Waals surface area contributed by atoms with Crippen molar-refractivity contribution < 1.29 is 19.5 Å². The van der Waals surface area contributed by atoms with Crippen LogP contribution in [0.3, 0.4) is 0 Å². The van der Waals surface area contributed by atoms with Crippen molar-refractivity contribution in [3.8, 4) is 5.75 Å². The Kier molecular flexibility index (Phi) is 2.95. The molecule has 1 unspecified atom stereocenters. The molecule has 0 bridgehead atoms. The number of benzene rings is 1. The van der Waals surface area contributed by atoms with Crippen molar-refractivity contribution in [2.45, 2.75) is 12.9 Å². The molecule has 1 aromatic carbocycles. The number of rotatable bonds is 2. The van der Waals surface area contributed by atoms with Gasteiger partial charge in [-0.15, -0.1) is 0 Å². The van der Waals surface area contributed by atoms with E-state index in [1.165, 1.54) is 12.1 Å². The fourth-order valence-electron chi connectivity index (χ4n) is 1.45. The summed E-state index contributed by atoms with van der Waals surface area (Å²) in [7, 11) is 0. The standard InChI is InChI=1S/C9H8ClNO5/c10-5-1-7(11(13)14)6-4-15-9(3-12)16-8(6)2-5/h1-2,9,12H,3-4H2. The average Bonchev–Trinajstić information content (AvgIpc) is 2.26. The highest BCUT2D eigenvalue weighted by Crippen LogP contribution is 2.36. The van der Waals surface area contributed by atoms with Gasteiger partial charge in [-0.1, -0.05) is 11.6 Å². The zero-order valence-electron chi connectivity index (χ0n) is 8.05. The van der Waals surface area contributed by atoms with Crippen molar-refractivity contribution in [3.63, 3.8) is 0 Å². The van der Waals surface area contributed by atoms with Gasteiger partial charge in [-0.2, -0.15) is 0 Å². The molecule has 0 amide bonds. The van der Waals surface area contributed by atoms with E-state index in [4.69, 9.17) is 26.2 Å². The molecular weight excluding hydrogens is 238 g/mol. The van der Waals surface area contributed by atoms with Crippen LogP contribution in [-0.2, 0) is 11.3 Å². The summed E-state index contributed by atoms with van der Waals surface area (Å²) >= 11 is 5.73. The number of ether oxygens (including phenoxy) is 2. The van der Waals surface area contributed by atoms with Crippen LogP contribution in [0.15, 0.2) is 12.1 Å². The molecule has 7 heteroatoms. The predicted octanol–water partition coefficient (Wildman–Crippen LogP) is 1.48. The molecule has 1 atom stereocenters. The lowest BCUT2D eigenvalue weighted by atomic mass is 10.1. The molecule has 0 fully saturated rings. The van der Waals surface area contributed by atoms with Crippen molar-refractivity contribution >= 4 is 17.3 Å². The zero-order valence-corrected chi connectivity index (χ0v) is 8.81. The first-order valence-corrected chi connectivity index (χ1v) is 4.85. The van der Waals surface area contributed by atoms with Gasteiger partial charge in [0.25, 0.3) is 5.69 Å². The Hall–Kier alpha value is -1.37. The molecule has 0 spiro atoms. The molecule has 0 saturated carbocycles. The van der Waals surface area contributed by atoms with E-state index in [1.54, 1.807) is 0 Å². The monoisotopic (exact) mass is 245 g/mol. The second-order valence-corrected chi connectivity index (χ2v) is 3.64. The van der Waals surface area contributed by atoms with E-state index in [0.717, 1.165) is 0 Å². The van der Waals surface area contributed by atoms with Crippen LogP contribution < -0.4 is 4.74 Å². The first-order valence-electron chi connectivity index (χ1n) is 4.47. The Morgan fingerprint density at radius 2 is 2.38 bits per heavy atom. The van der Waals surface area contributed by atoms with Gasteiger partial charge < -0.3 is 14.6 Å². The predicted molar refractivity (Wildman–Crippen MR) is 54.4 cm³/mol. The summed E-state index contributed by atoms with van der Waals surface area (Å²) in [5.74, 6) is 0.282. The molecule has 6 nitrogen and oxygen atoms in total. The lowest BCUT2D eigenvalue weighted by Gasteiger charge is -2.24. The molecule has 16 heavy (non-hydrogen) atoms. The summed E-state index contributed by atoms with van der Waals surface area (Å²) in [6.45, 7) is -0.298. The number of hydrogen-bond acceptors (Lipinski definition) is 5. The van der Waals surface area contributed by atoms with Crippen molar-refractivity contribution in [3.05, 3.63) is 32.8 Å². The minimum absolute atomic E-state index is 0.0219. The van der Waals surface area contributed by atoms with Gasteiger partial charge in [0.1, 0.15) is 12.4 Å². The molecule has 1 aliphatic rings. The van der Waals surface area contributed by atoms with E-state index >= 15 is 0 Å². The second-order valence-electron chi connectivity index (χ2n) is 3.20. The highest BCUT2D eigenvalue weighted by atomic mass is 35.5. The first-order chi connectivity index (χ1) is 7.61. The average molecular weight is 246 g/mol. The number of fused-ring (bicyclic) bond motifs is 1. The smallest absolute Gasteiger partial charge is 0.280 e. The zero-order chi connectivity index (χ0) is 11.7. The normalized spacial score (nSPS) is 18.8. The van der Waals surface area contributed by atoms with Crippen LogP contribution in [-0.4, -0.2) is 22.9 Å². The Morgan fingerprint density at radius 3 is 3.00 bits per heavy atom. The number of nitro groups is 1. The van der Waals surface area contributed by atoms with Gasteiger partial charge in [0.2, 0.25) is 6.29 Å². The number of halogens is 1. The van der Waals surface area contributed by atoms with Gasteiger partial charge >= 0.3 is 0 Å². The van der Waals surface area contributed by atoms with Crippen molar-refractivity contribution in [1.29, 1.82) is 0 Å². The maximum absolute atomic E-state index is 10.8. The first kappa shape index (κ1) is 11.1. The van der Waals surface area contributed by atoms with E-state index in [2.05, 4.69) is 0 Å². The van der Waals surface area contributed by atoms with Crippen LogP contribution in [0.1, 0.15) is 5.56 Å². The van der Waals surface area contributed by atoms with Crippen molar-refractivity contribution in [2.75, 3.05) is 6.61 Å². The summed E-state index contributed by atoms with van der Waals surface area (Å²) in [6.07, 6.45) is -0.800. The van der Waals surface area contributed by atoms with E-state index in [0.29, 0.717) is 5.56 Å². The minimum atomic E-state index is -0.800. The summed E-state index contributed by atoms with van der Waals surface area (Å²) < 4.78 is 10.3. The van der Waals surface area contributed by atoms with Gasteiger partial charge in [0.05, 0.1) is 22.1 Å². The van der Waals surface area contributed by atoms with Crippen LogP contribution in [0, 0.1) is 10.1 Å². The van der Waals surface area contributed by atoms with Gasteiger partial charge in [0.15, 0.2) is 0 Å². The maximum Gasteiger partial charge on any atom is 0.280 e. The molecule has 1 N–H and O–H groups in total. The third-order valence-electron chi connectivity index (χ3n) is 2.17. The number of nitro benzene ring substituents is 1. The summed E-state index contributed by atoms with van der Waals surface area (Å²) in [5.41, 5.74) is 0.193. The molecule has 0 radical (unpaired) electrons. The van der Waals surface area contributed by atoms with Crippen LogP contribution in [0.5, 0.6) is 5.75 Å². The molecule has 0 aromatic heterocycles. The molecule has 1 heterocycles. The molecule has 2 rings (SSSR count). The van der Waals surface area contributed by atoms with Crippen molar-refractivity contribution in [2.24, 2.45) is 0 Å². The quantitative estimate of drug-likeness (QED) is 0.630. The van der Waals surface area contributed by atoms with Crippen LogP contribution in [0.25, 0.3) is 0 Å². The third-order valence-corrected chi connectivity index (χ3v) is 2.39. The molecule has 0 saturated heterocycles. The lowest BCUT2D eigenvalue weighted by molar-refractivity contribution is -0.386. The van der Waals surface area contributed by atoms with Gasteiger partial charge in [-0.05, 0) is 6.07 Å². The third kappa shape index (κ3) is 1.95. The van der Waals surface area contributed by atoms with Crippen molar-refractivity contribution in [1.82, 2.24) is 0 Å². The summed E-state index contributed by atoms with van der Waals surface area (Å²) in [6, 6.07) is 2.71. The van der Waals surface area contributed by atoms with E-state index in [9.17, 15) is 10.1 Å². The molecule has 0 aliphatic carbocycles. The Labute approximate surface area is 95.5 Å². The molecular formula is C9H8ClNO5. The highest BCUT2D eigenvalue weighted by molar-refractivity contribution is 6.31. The SMILES string of the molecule is O=[N+]([O-])c1cc(Cl)cc2c1COC(CO)O2. The summed E-state index contributed by atoms with van der Waals surface area (Å²) in [4.78, 5) is 10.2. The fourth-order valence-corrected chi connectivity index (χ4v) is 1.66. The Bertz CT molecular complexity index is 436. The molecule has 1 aromatic rings. The Balaban J connectivity index is 2.45. The van der Waals surface area contributed by atoms with Crippen LogP contribution in [0.2, 0.25) is 5.02 Å². The number of aliphatic hydroxyl groups is 1. The van der Waals surface area contributed by atoms with Gasteiger partial charge in [-0.25, -0.2) is 0 Å². The molecule has 1 aliphatic heterocycles.